The van der Waals surface area contributed by atoms with Gasteiger partial charge in [-0.2, -0.15) is 0 Å². The Morgan fingerprint density at radius 2 is 1.29 bits per heavy atom. The van der Waals surface area contributed by atoms with Gasteiger partial charge in [-0.25, -0.2) is 0 Å². The quantitative estimate of drug-likeness (QED) is 0.820. The van der Waals surface area contributed by atoms with Gasteiger partial charge in [-0.15, -0.1) is 0 Å². The molecule has 0 aliphatic heterocycles. The fourth-order valence-electron chi connectivity index (χ4n) is 1.11. The Labute approximate surface area is 90.5 Å². The normalized spacial score (nSPS) is 9.71. The molecule has 2 rings (SSSR count). The summed E-state index contributed by atoms with van der Waals surface area (Å²) in [5.74, 6) is 0. The van der Waals surface area contributed by atoms with E-state index in [0.717, 1.165) is 0 Å². The standard InChI is InChI=1S/C12H11NSe/c1-3-7-11(8-4-1)13-14-12-9-5-2-6-10-12/h1-10,13H. The Morgan fingerprint density at radius 3 is 1.93 bits per heavy atom. The van der Waals surface area contributed by atoms with Gasteiger partial charge in [0, 0.05) is 0 Å². The van der Waals surface area contributed by atoms with Crippen molar-refractivity contribution in [1.82, 2.24) is 0 Å². The van der Waals surface area contributed by atoms with Crippen molar-refractivity contribution in [3.8, 4) is 0 Å². The molecule has 0 radical (unpaired) electrons. The summed E-state index contributed by atoms with van der Waals surface area (Å²) in [6.07, 6.45) is 0. The van der Waals surface area contributed by atoms with Gasteiger partial charge in [-0.05, 0) is 0 Å². The molecule has 2 heteroatoms. The van der Waals surface area contributed by atoms with Crippen LogP contribution in [0.25, 0.3) is 0 Å². The molecular weight excluding hydrogens is 237 g/mol. The first kappa shape index (κ1) is 9.32. The summed E-state index contributed by atoms with van der Waals surface area (Å²) in [4.78, 5) is 0. The van der Waals surface area contributed by atoms with Gasteiger partial charge >= 0.3 is 90.3 Å². The monoisotopic (exact) mass is 249 g/mol. The molecule has 14 heavy (non-hydrogen) atoms. The summed E-state index contributed by atoms with van der Waals surface area (Å²) in [6.45, 7) is 0. The van der Waals surface area contributed by atoms with E-state index >= 15 is 0 Å². The number of hydrogen-bond donors (Lipinski definition) is 1. The molecule has 70 valence electrons. The Bertz CT molecular complexity index is 333. The average molecular weight is 248 g/mol. The van der Waals surface area contributed by atoms with Gasteiger partial charge in [-0.3, -0.25) is 0 Å². The first-order valence-corrected chi connectivity index (χ1v) is 6.19. The molecule has 0 amide bonds. The van der Waals surface area contributed by atoms with Crippen LogP contribution in [0.4, 0.5) is 5.69 Å². The maximum absolute atomic E-state index is 3.42. The van der Waals surface area contributed by atoms with Crippen molar-refractivity contribution in [2.75, 3.05) is 4.33 Å². The molecule has 0 saturated carbocycles. The number of rotatable bonds is 3. The van der Waals surface area contributed by atoms with Crippen molar-refractivity contribution < 1.29 is 0 Å². The summed E-state index contributed by atoms with van der Waals surface area (Å²) in [5, 5.41) is 0. The van der Waals surface area contributed by atoms with E-state index in [-0.39, 0.29) is 0 Å². The van der Waals surface area contributed by atoms with Crippen molar-refractivity contribution in [2.45, 2.75) is 0 Å². The van der Waals surface area contributed by atoms with E-state index in [2.05, 4.69) is 40.7 Å². The van der Waals surface area contributed by atoms with Crippen LogP contribution in [-0.2, 0) is 0 Å². The fraction of sp³-hybridized carbons (Fsp3) is 0. The van der Waals surface area contributed by atoms with Gasteiger partial charge in [0.2, 0.25) is 0 Å². The molecule has 0 aliphatic rings. The predicted octanol–water partition coefficient (Wildman–Crippen LogP) is 2.04. The Kier molecular flexibility index (Phi) is 3.23. The molecule has 0 aromatic heterocycles. The van der Waals surface area contributed by atoms with Crippen molar-refractivity contribution in [2.24, 2.45) is 0 Å². The molecule has 1 N–H and O–H groups in total. The second kappa shape index (κ2) is 4.85. The molecule has 0 atom stereocenters. The zero-order valence-electron chi connectivity index (χ0n) is 7.68. The van der Waals surface area contributed by atoms with Gasteiger partial charge < -0.3 is 0 Å². The van der Waals surface area contributed by atoms with Crippen LogP contribution in [-0.4, -0.2) is 15.2 Å². The van der Waals surface area contributed by atoms with Crippen LogP contribution >= 0.6 is 0 Å². The topological polar surface area (TPSA) is 12.0 Å². The van der Waals surface area contributed by atoms with Crippen LogP contribution in [0.2, 0.25) is 0 Å². The van der Waals surface area contributed by atoms with Gasteiger partial charge in [0.15, 0.2) is 0 Å². The first-order valence-electron chi connectivity index (χ1n) is 4.48. The summed E-state index contributed by atoms with van der Waals surface area (Å²) in [6, 6.07) is 20.8. The number of para-hydroxylation sites is 1. The van der Waals surface area contributed by atoms with Crippen molar-refractivity contribution in [1.29, 1.82) is 0 Å². The second-order valence-electron chi connectivity index (χ2n) is 2.88. The maximum atomic E-state index is 3.42. The van der Waals surface area contributed by atoms with E-state index in [4.69, 9.17) is 0 Å². The van der Waals surface area contributed by atoms with Crippen molar-refractivity contribution >= 4 is 25.3 Å². The van der Waals surface area contributed by atoms with Crippen LogP contribution in [0.3, 0.4) is 0 Å². The number of nitrogens with one attached hydrogen (secondary N) is 1. The molecule has 0 heterocycles. The molecule has 0 spiro atoms. The minimum absolute atomic E-state index is 0.322. The third kappa shape index (κ3) is 2.62. The van der Waals surface area contributed by atoms with E-state index in [1.807, 2.05) is 24.3 Å². The van der Waals surface area contributed by atoms with Crippen LogP contribution in [0.5, 0.6) is 0 Å². The second-order valence-corrected chi connectivity index (χ2v) is 4.73. The predicted molar refractivity (Wildman–Crippen MR) is 61.9 cm³/mol. The molecule has 1 nitrogen and oxygen atoms in total. The van der Waals surface area contributed by atoms with Crippen molar-refractivity contribution in [3.63, 3.8) is 0 Å². The first-order chi connectivity index (χ1) is 6.95. The summed E-state index contributed by atoms with van der Waals surface area (Å²) < 4.78 is 4.79. The Balaban J connectivity index is 1.96. The van der Waals surface area contributed by atoms with Crippen LogP contribution in [0.15, 0.2) is 60.7 Å². The minimum atomic E-state index is 0.322. The van der Waals surface area contributed by atoms with Crippen LogP contribution in [0, 0.1) is 0 Å². The van der Waals surface area contributed by atoms with Gasteiger partial charge in [0.1, 0.15) is 0 Å². The molecule has 0 fully saturated rings. The van der Waals surface area contributed by atoms with Gasteiger partial charge in [-0.1, -0.05) is 0 Å². The average Bonchev–Trinajstić information content (AvgIpc) is 2.29. The molecule has 0 bridgehead atoms. The zero-order valence-corrected chi connectivity index (χ0v) is 9.39. The van der Waals surface area contributed by atoms with E-state index in [0.29, 0.717) is 15.2 Å². The summed E-state index contributed by atoms with van der Waals surface area (Å²) in [5.41, 5.74) is 1.19. The van der Waals surface area contributed by atoms with E-state index < -0.39 is 0 Å². The fourth-order valence-corrected chi connectivity index (χ4v) is 2.51. The number of benzene rings is 2. The third-order valence-electron chi connectivity index (χ3n) is 1.80. The molecule has 0 aliphatic carbocycles. The Hall–Kier alpha value is -1.24. The summed E-state index contributed by atoms with van der Waals surface area (Å²) >= 11 is 0.322. The van der Waals surface area contributed by atoms with Gasteiger partial charge in [0.25, 0.3) is 0 Å². The molecule has 2 aromatic rings. The summed E-state index contributed by atoms with van der Waals surface area (Å²) in [7, 11) is 0. The van der Waals surface area contributed by atoms with Crippen molar-refractivity contribution in [3.05, 3.63) is 60.7 Å². The Morgan fingerprint density at radius 1 is 0.714 bits per heavy atom. The van der Waals surface area contributed by atoms with E-state index in [1.165, 1.54) is 10.1 Å². The van der Waals surface area contributed by atoms with Crippen LogP contribution < -0.4 is 8.79 Å². The van der Waals surface area contributed by atoms with E-state index in [9.17, 15) is 0 Å². The SMILES string of the molecule is c1ccc(N[Se]c2ccccc2)cc1. The molecule has 2 aromatic carbocycles. The van der Waals surface area contributed by atoms with E-state index in [1.54, 1.807) is 0 Å². The molecular formula is C12H11NSe. The molecule has 0 saturated heterocycles. The molecule has 0 unspecified atom stereocenters. The number of hydrogen-bond acceptors (Lipinski definition) is 1. The third-order valence-corrected chi connectivity index (χ3v) is 3.58. The zero-order chi connectivity index (χ0) is 9.64. The number of anilines is 1. The van der Waals surface area contributed by atoms with Gasteiger partial charge in [0.05, 0.1) is 0 Å². The van der Waals surface area contributed by atoms with Crippen LogP contribution in [0.1, 0.15) is 0 Å².